The zero-order valence-corrected chi connectivity index (χ0v) is 51.5. The van der Waals surface area contributed by atoms with E-state index in [-0.39, 0.29) is 31.1 Å². The van der Waals surface area contributed by atoms with E-state index in [1.165, 1.54) is 218 Å². The zero-order chi connectivity index (χ0) is 55.7. The predicted molar refractivity (Wildman–Crippen MR) is 335 cm³/mol. The van der Waals surface area contributed by atoms with Crippen molar-refractivity contribution in [2.45, 2.75) is 361 Å². The maximum Gasteiger partial charge on any atom is 0.306 e. The van der Waals surface area contributed by atoms with Crippen molar-refractivity contribution in [3.63, 3.8) is 0 Å². The highest BCUT2D eigenvalue weighted by atomic mass is 16.6. The molecule has 6 nitrogen and oxygen atoms in total. The molecular weight excluding hydrogens is 949 g/mol. The van der Waals surface area contributed by atoms with Crippen LogP contribution >= 0.6 is 0 Å². The minimum absolute atomic E-state index is 0.0749. The summed E-state index contributed by atoms with van der Waals surface area (Å²) in [5.41, 5.74) is 0. The smallest absolute Gasteiger partial charge is 0.306 e. The van der Waals surface area contributed by atoms with Crippen LogP contribution in [0.25, 0.3) is 0 Å². The summed E-state index contributed by atoms with van der Waals surface area (Å²) < 4.78 is 16.9. The van der Waals surface area contributed by atoms with Gasteiger partial charge in [-0.25, -0.2) is 0 Å². The van der Waals surface area contributed by atoms with Crippen molar-refractivity contribution in [2.75, 3.05) is 13.2 Å². The van der Waals surface area contributed by atoms with Gasteiger partial charge in [-0.2, -0.15) is 0 Å². The Bertz CT molecular complexity index is 1380. The van der Waals surface area contributed by atoms with Gasteiger partial charge in [-0.3, -0.25) is 14.4 Å². The number of hydrogen-bond acceptors (Lipinski definition) is 6. The molecule has 0 N–H and O–H groups in total. The molecule has 1 atom stereocenters. The van der Waals surface area contributed by atoms with Crippen molar-refractivity contribution >= 4 is 17.9 Å². The number of allylic oxidation sites excluding steroid dienone is 10. The first-order valence-electron chi connectivity index (χ1n) is 33.8. The highest BCUT2D eigenvalue weighted by Crippen LogP contribution is 2.18. The number of carbonyl (C=O) groups is 3. The number of hydrogen-bond donors (Lipinski definition) is 0. The molecule has 0 heterocycles. The second-order valence-corrected chi connectivity index (χ2v) is 22.7. The fourth-order valence-corrected chi connectivity index (χ4v) is 9.97. The minimum Gasteiger partial charge on any atom is -0.462 e. The highest BCUT2D eigenvalue weighted by Gasteiger charge is 2.19. The van der Waals surface area contributed by atoms with Crippen LogP contribution in [-0.2, 0) is 28.6 Å². The number of unbranched alkanes of at least 4 members (excludes halogenated alkanes) is 41. The molecule has 0 fully saturated rings. The van der Waals surface area contributed by atoms with E-state index in [0.29, 0.717) is 19.3 Å². The van der Waals surface area contributed by atoms with Crippen molar-refractivity contribution in [1.82, 2.24) is 0 Å². The van der Waals surface area contributed by atoms with E-state index < -0.39 is 6.10 Å². The summed E-state index contributed by atoms with van der Waals surface area (Å²) in [5.74, 6) is -0.871. The van der Waals surface area contributed by atoms with Crippen LogP contribution in [0.5, 0.6) is 0 Å². The van der Waals surface area contributed by atoms with Gasteiger partial charge in [0.05, 0.1) is 0 Å². The van der Waals surface area contributed by atoms with Gasteiger partial charge in [0.15, 0.2) is 6.10 Å². The largest absolute Gasteiger partial charge is 0.462 e. The van der Waals surface area contributed by atoms with Crippen molar-refractivity contribution in [2.24, 2.45) is 0 Å². The normalized spacial score (nSPS) is 12.4. The topological polar surface area (TPSA) is 78.9 Å². The summed E-state index contributed by atoms with van der Waals surface area (Å²) in [6.07, 6.45) is 84.0. The molecule has 0 radical (unpaired) electrons. The van der Waals surface area contributed by atoms with Crippen LogP contribution in [0.3, 0.4) is 0 Å². The van der Waals surface area contributed by atoms with Gasteiger partial charge in [0.1, 0.15) is 13.2 Å². The molecule has 0 rings (SSSR count). The van der Waals surface area contributed by atoms with Gasteiger partial charge in [0, 0.05) is 19.3 Å². The second kappa shape index (κ2) is 65.6. The van der Waals surface area contributed by atoms with E-state index in [9.17, 15) is 14.4 Å². The van der Waals surface area contributed by atoms with Crippen molar-refractivity contribution < 1.29 is 28.6 Å². The maximum atomic E-state index is 12.9. The molecule has 0 amide bonds. The van der Waals surface area contributed by atoms with E-state index in [4.69, 9.17) is 14.2 Å². The lowest BCUT2D eigenvalue weighted by molar-refractivity contribution is -0.167. The van der Waals surface area contributed by atoms with Crippen LogP contribution in [0.4, 0.5) is 0 Å². The van der Waals surface area contributed by atoms with Gasteiger partial charge in [-0.05, 0) is 77.0 Å². The molecule has 0 aromatic carbocycles. The Balaban J connectivity index is 4.17. The predicted octanol–water partition coefficient (Wildman–Crippen LogP) is 23.1. The number of esters is 3. The quantitative estimate of drug-likeness (QED) is 0.0261. The lowest BCUT2D eigenvalue weighted by Crippen LogP contribution is -2.30. The van der Waals surface area contributed by atoms with E-state index in [0.717, 1.165) is 96.3 Å². The summed E-state index contributed by atoms with van der Waals surface area (Å²) in [5, 5.41) is 0. The van der Waals surface area contributed by atoms with Crippen LogP contribution < -0.4 is 0 Å². The summed E-state index contributed by atoms with van der Waals surface area (Å²) >= 11 is 0. The first-order chi connectivity index (χ1) is 38.0. The average molecular weight is 1080 g/mol. The number of ether oxygens (including phenoxy) is 3. The van der Waals surface area contributed by atoms with Crippen molar-refractivity contribution in [3.8, 4) is 0 Å². The van der Waals surface area contributed by atoms with Crippen LogP contribution in [0, 0.1) is 0 Å². The summed E-state index contributed by atoms with van der Waals surface area (Å²) in [6.45, 7) is 6.51. The molecule has 77 heavy (non-hydrogen) atoms. The molecule has 0 saturated heterocycles. The molecule has 0 aliphatic rings. The molecule has 0 aromatic heterocycles. The van der Waals surface area contributed by atoms with Gasteiger partial charge in [0.25, 0.3) is 0 Å². The molecule has 448 valence electrons. The zero-order valence-electron chi connectivity index (χ0n) is 51.5. The summed E-state index contributed by atoms with van der Waals surface area (Å²) in [7, 11) is 0. The SMILES string of the molecule is CC/C=C\C/C=C\C/C=C\C/C=C\CCCCCCCCCCCCC(=O)OC(COC(=O)CCCCCCC/C=C\CCC)COC(=O)CCCCCCCCCCCCCCCCCCCCCCCCCCCC. The molecule has 0 aliphatic heterocycles. The van der Waals surface area contributed by atoms with Gasteiger partial charge < -0.3 is 14.2 Å². The first kappa shape index (κ1) is 74.1. The van der Waals surface area contributed by atoms with Crippen molar-refractivity contribution in [3.05, 3.63) is 60.8 Å². The second-order valence-electron chi connectivity index (χ2n) is 22.7. The average Bonchev–Trinajstić information content (AvgIpc) is 3.43. The molecule has 0 aliphatic carbocycles. The third kappa shape index (κ3) is 63.8. The standard InChI is InChI=1S/C71H128O6/c1-4-7-10-13-16-19-22-24-26-28-30-32-34-35-36-38-39-41-43-45-47-49-52-55-58-61-64-70(73)76-67-68(66-75-69(72)63-60-57-54-51-21-18-15-12-9-6-3)77-71(74)65-62-59-56-53-50-48-46-44-42-40-37-33-31-29-27-25-23-20-17-14-11-8-5-2/h8,11-12,15,17,20,25,27,31,33,68H,4-7,9-10,13-14,16,18-19,21-24,26,28-30,32,34-67H2,1-3H3/b11-8-,15-12-,20-17-,27-25-,33-31-. The first-order valence-corrected chi connectivity index (χ1v) is 33.8. The van der Waals surface area contributed by atoms with Crippen LogP contribution in [0.2, 0.25) is 0 Å². The fourth-order valence-electron chi connectivity index (χ4n) is 9.97. The Morgan fingerprint density at radius 3 is 0.857 bits per heavy atom. The van der Waals surface area contributed by atoms with Crippen LogP contribution in [-0.4, -0.2) is 37.2 Å². The molecule has 0 bridgehead atoms. The van der Waals surface area contributed by atoms with Gasteiger partial charge in [-0.15, -0.1) is 0 Å². The molecule has 0 aromatic rings. The molecular formula is C71H128O6. The third-order valence-corrected chi connectivity index (χ3v) is 15.0. The molecule has 1 unspecified atom stereocenters. The Morgan fingerprint density at radius 2 is 0.532 bits per heavy atom. The van der Waals surface area contributed by atoms with Crippen molar-refractivity contribution in [1.29, 1.82) is 0 Å². The van der Waals surface area contributed by atoms with E-state index in [1.54, 1.807) is 0 Å². The number of carbonyl (C=O) groups excluding carboxylic acids is 3. The van der Waals surface area contributed by atoms with E-state index in [1.807, 2.05) is 0 Å². The van der Waals surface area contributed by atoms with Gasteiger partial charge >= 0.3 is 17.9 Å². The molecule has 0 spiro atoms. The Kier molecular flexibility index (Phi) is 63.2. The molecule has 0 saturated carbocycles. The van der Waals surface area contributed by atoms with E-state index >= 15 is 0 Å². The van der Waals surface area contributed by atoms with Gasteiger partial charge in [0.2, 0.25) is 0 Å². The van der Waals surface area contributed by atoms with Crippen LogP contribution in [0.15, 0.2) is 60.8 Å². The Labute approximate surface area is 479 Å². The minimum atomic E-state index is -0.779. The Morgan fingerprint density at radius 1 is 0.273 bits per heavy atom. The van der Waals surface area contributed by atoms with Crippen LogP contribution in [0.1, 0.15) is 355 Å². The van der Waals surface area contributed by atoms with E-state index in [2.05, 4.69) is 81.5 Å². The molecule has 6 heteroatoms. The maximum absolute atomic E-state index is 12.9. The fraction of sp³-hybridized carbons (Fsp3) is 0.817. The summed E-state index contributed by atoms with van der Waals surface area (Å²) in [6, 6.07) is 0. The lowest BCUT2D eigenvalue weighted by atomic mass is 10.0. The Hall–Kier alpha value is -2.89. The summed E-state index contributed by atoms with van der Waals surface area (Å²) in [4.78, 5) is 38.3. The highest BCUT2D eigenvalue weighted by molar-refractivity contribution is 5.71. The monoisotopic (exact) mass is 1080 g/mol. The lowest BCUT2D eigenvalue weighted by Gasteiger charge is -2.18. The third-order valence-electron chi connectivity index (χ3n) is 15.0. The number of rotatable bonds is 62. The van der Waals surface area contributed by atoms with Gasteiger partial charge in [-0.1, -0.05) is 319 Å².